The van der Waals surface area contributed by atoms with Crippen LogP contribution in [0.3, 0.4) is 0 Å². The highest BCUT2D eigenvalue weighted by molar-refractivity contribution is 5.76. The number of aryl methyl sites for hydroxylation is 1. The predicted octanol–water partition coefficient (Wildman–Crippen LogP) is 1.00. The van der Waals surface area contributed by atoms with Gasteiger partial charge < -0.3 is 15.2 Å². The van der Waals surface area contributed by atoms with Crippen molar-refractivity contribution in [3.05, 3.63) is 17.5 Å². The molecular weight excluding hydrogens is 268 g/mol. The lowest BCUT2D eigenvalue weighted by Crippen LogP contribution is -2.48. The van der Waals surface area contributed by atoms with Gasteiger partial charge in [0.25, 0.3) is 0 Å². The van der Waals surface area contributed by atoms with E-state index < -0.39 is 0 Å². The van der Waals surface area contributed by atoms with Crippen molar-refractivity contribution in [1.29, 1.82) is 0 Å². The summed E-state index contributed by atoms with van der Waals surface area (Å²) in [5.74, 6) is 1.44. The van der Waals surface area contributed by atoms with Crippen LogP contribution in [0.2, 0.25) is 0 Å². The summed E-state index contributed by atoms with van der Waals surface area (Å²) in [6, 6.07) is 1.96. The minimum atomic E-state index is 0.238. The van der Waals surface area contributed by atoms with Gasteiger partial charge in [0.2, 0.25) is 5.91 Å². The van der Waals surface area contributed by atoms with Crippen LogP contribution in [0.25, 0.3) is 0 Å². The van der Waals surface area contributed by atoms with E-state index >= 15 is 0 Å². The second-order valence-corrected chi connectivity index (χ2v) is 5.81. The Kier molecular flexibility index (Phi) is 5.76. The lowest BCUT2D eigenvalue weighted by molar-refractivity contribution is -0.134. The molecule has 1 fully saturated rings. The van der Waals surface area contributed by atoms with Crippen molar-refractivity contribution in [2.75, 3.05) is 32.7 Å². The third-order valence-corrected chi connectivity index (χ3v) is 4.16. The Morgan fingerprint density at radius 1 is 1.43 bits per heavy atom. The highest BCUT2D eigenvalue weighted by atomic mass is 16.5. The van der Waals surface area contributed by atoms with E-state index in [0.29, 0.717) is 18.9 Å². The highest BCUT2D eigenvalue weighted by Gasteiger charge is 2.23. The first-order chi connectivity index (χ1) is 10.1. The molecule has 0 aromatic carbocycles. The van der Waals surface area contributed by atoms with Crippen LogP contribution in [0.4, 0.5) is 0 Å². The van der Waals surface area contributed by atoms with Crippen LogP contribution >= 0.6 is 0 Å². The summed E-state index contributed by atoms with van der Waals surface area (Å²) in [6.07, 6.45) is 1.54. The van der Waals surface area contributed by atoms with Crippen molar-refractivity contribution in [3.63, 3.8) is 0 Å². The Labute approximate surface area is 126 Å². The smallest absolute Gasteiger partial charge is 0.222 e. The summed E-state index contributed by atoms with van der Waals surface area (Å²) >= 11 is 0. The van der Waals surface area contributed by atoms with E-state index in [1.165, 1.54) is 0 Å². The van der Waals surface area contributed by atoms with Gasteiger partial charge in [0.05, 0.1) is 12.2 Å². The molecule has 21 heavy (non-hydrogen) atoms. The Bertz CT molecular complexity index is 448. The second kappa shape index (κ2) is 7.56. The van der Waals surface area contributed by atoms with E-state index in [-0.39, 0.29) is 5.91 Å². The Balaban J connectivity index is 1.76. The molecule has 1 aromatic heterocycles. The van der Waals surface area contributed by atoms with E-state index in [9.17, 15) is 4.79 Å². The monoisotopic (exact) mass is 294 g/mol. The van der Waals surface area contributed by atoms with Gasteiger partial charge in [0.1, 0.15) is 0 Å². The lowest BCUT2D eigenvalue weighted by Gasteiger charge is -2.34. The van der Waals surface area contributed by atoms with Gasteiger partial charge in [-0.05, 0) is 19.4 Å². The van der Waals surface area contributed by atoms with E-state index in [1.807, 2.05) is 17.9 Å². The number of nitrogens with zero attached hydrogens (tertiary/aromatic N) is 3. The van der Waals surface area contributed by atoms with Crippen LogP contribution in [0.5, 0.6) is 0 Å². The van der Waals surface area contributed by atoms with Crippen LogP contribution in [-0.4, -0.2) is 53.6 Å². The molecule has 0 radical (unpaired) electrons. The molecule has 0 bridgehead atoms. The van der Waals surface area contributed by atoms with E-state index in [0.717, 1.165) is 50.6 Å². The Hall–Kier alpha value is -1.40. The molecule has 2 rings (SSSR count). The average Bonchev–Trinajstić information content (AvgIpc) is 2.90. The molecule has 1 aliphatic heterocycles. The molecule has 1 unspecified atom stereocenters. The molecule has 1 atom stereocenters. The highest BCUT2D eigenvalue weighted by Crippen LogP contribution is 2.13. The SMILES string of the molecule is CCC(CN)CC(=O)N1CCN(Cc2cc(C)no2)CC1. The van der Waals surface area contributed by atoms with Crippen LogP contribution in [0.15, 0.2) is 10.6 Å². The van der Waals surface area contributed by atoms with Crippen molar-refractivity contribution < 1.29 is 9.32 Å². The fourth-order valence-electron chi connectivity index (χ4n) is 2.64. The maximum absolute atomic E-state index is 12.2. The first-order valence-electron chi connectivity index (χ1n) is 7.74. The molecule has 1 saturated heterocycles. The van der Waals surface area contributed by atoms with Gasteiger partial charge in [-0.15, -0.1) is 0 Å². The van der Waals surface area contributed by atoms with Gasteiger partial charge in [0.15, 0.2) is 5.76 Å². The zero-order chi connectivity index (χ0) is 15.2. The van der Waals surface area contributed by atoms with E-state index in [2.05, 4.69) is 17.0 Å². The largest absolute Gasteiger partial charge is 0.360 e. The number of aromatic nitrogens is 1. The Morgan fingerprint density at radius 3 is 2.67 bits per heavy atom. The molecule has 0 spiro atoms. The molecule has 0 saturated carbocycles. The van der Waals surface area contributed by atoms with Crippen molar-refractivity contribution in [2.45, 2.75) is 33.2 Å². The molecule has 0 aliphatic carbocycles. The number of carbonyl (C=O) groups is 1. The summed E-state index contributed by atoms with van der Waals surface area (Å²) in [6.45, 7) is 8.69. The van der Waals surface area contributed by atoms with Crippen LogP contribution < -0.4 is 5.73 Å². The maximum atomic E-state index is 12.2. The van der Waals surface area contributed by atoms with Crippen LogP contribution in [-0.2, 0) is 11.3 Å². The normalized spacial score (nSPS) is 18.0. The van der Waals surface area contributed by atoms with Crippen molar-refractivity contribution in [1.82, 2.24) is 15.0 Å². The van der Waals surface area contributed by atoms with E-state index in [4.69, 9.17) is 10.3 Å². The first-order valence-corrected chi connectivity index (χ1v) is 7.74. The molecule has 1 amide bonds. The van der Waals surface area contributed by atoms with Crippen LogP contribution in [0.1, 0.15) is 31.2 Å². The molecule has 1 aliphatic rings. The Morgan fingerprint density at radius 2 is 2.14 bits per heavy atom. The minimum absolute atomic E-state index is 0.238. The van der Waals surface area contributed by atoms with Gasteiger partial charge in [-0.25, -0.2) is 0 Å². The van der Waals surface area contributed by atoms with Crippen molar-refractivity contribution in [3.8, 4) is 0 Å². The van der Waals surface area contributed by atoms with Crippen molar-refractivity contribution in [2.24, 2.45) is 11.7 Å². The van der Waals surface area contributed by atoms with Gasteiger partial charge in [0, 0.05) is 38.7 Å². The van der Waals surface area contributed by atoms with Crippen molar-refractivity contribution >= 4 is 5.91 Å². The summed E-state index contributed by atoms with van der Waals surface area (Å²) in [5, 5.41) is 3.90. The fourth-order valence-corrected chi connectivity index (χ4v) is 2.64. The lowest BCUT2D eigenvalue weighted by atomic mass is 10.0. The third kappa shape index (κ3) is 4.54. The quantitative estimate of drug-likeness (QED) is 0.847. The molecule has 1 aromatic rings. The molecule has 2 heterocycles. The third-order valence-electron chi connectivity index (χ3n) is 4.16. The topological polar surface area (TPSA) is 75.6 Å². The number of hydrogen-bond acceptors (Lipinski definition) is 5. The summed E-state index contributed by atoms with van der Waals surface area (Å²) < 4.78 is 5.24. The summed E-state index contributed by atoms with van der Waals surface area (Å²) in [7, 11) is 0. The van der Waals surface area contributed by atoms with Gasteiger partial charge in [-0.2, -0.15) is 0 Å². The molecule has 6 nitrogen and oxygen atoms in total. The van der Waals surface area contributed by atoms with Gasteiger partial charge in [-0.3, -0.25) is 9.69 Å². The number of piperazine rings is 1. The molecule has 6 heteroatoms. The number of carbonyl (C=O) groups excluding carboxylic acids is 1. The zero-order valence-electron chi connectivity index (χ0n) is 13.0. The molecule has 118 valence electrons. The van der Waals surface area contributed by atoms with Gasteiger partial charge in [-0.1, -0.05) is 18.5 Å². The maximum Gasteiger partial charge on any atom is 0.222 e. The number of rotatable bonds is 6. The summed E-state index contributed by atoms with van der Waals surface area (Å²) in [5.41, 5.74) is 6.58. The zero-order valence-corrected chi connectivity index (χ0v) is 13.0. The van der Waals surface area contributed by atoms with E-state index in [1.54, 1.807) is 0 Å². The number of amides is 1. The molecular formula is C15H26N4O2. The minimum Gasteiger partial charge on any atom is -0.360 e. The first kappa shape index (κ1) is 16.0. The van der Waals surface area contributed by atoms with Gasteiger partial charge >= 0.3 is 0 Å². The standard InChI is InChI=1S/C15H26N4O2/c1-3-13(10-16)9-15(20)19-6-4-18(5-7-19)11-14-8-12(2)17-21-14/h8,13H,3-7,9-11,16H2,1-2H3. The van der Waals surface area contributed by atoms with Crippen LogP contribution in [0, 0.1) is 12.8 Å². The fraction of sp³-hybridized carbons (Fsp3) is 0.733. The summed E-state index contributed by atoms with van der Waals surface area (Å²) in [4.78, 5) is 16.5. The second-order valence-electron chi connectivity index (χ2n) is 5.81. The predicted molar refractivity (Wildman–Crippen MR) is 80.5 cm³/mol. The molecule has 2 N–H and O–H groups in total. The number of hydrogen-bond donors (Lipinski definition) is 1. The number of nitrogens with two attached hydrogens (primary N) is 1. The average molecular weight is 294 g/mol.